The molecule has 0 heterocycles. The lowest BCUT2D eigenvalue weighted by atomic mass is 10.0. The minimum atomic E-state index is -2.91. The van der Waals surface area contributed by atoms with Gasteiger partial charge in [-0.25, -0.2) is 8.42 Å². The van der Waals surface area contributed by atoms with E-state index < -0.39 is 15.9 Å². The van der Waals surface area contributed by atoms with E-state index in [1.165, 1.54) is 6.26 Å². The van der Waals surface area contributed by atoms with Crippen molar-refractivity contribution in [3.05, 3.63) is 0 Å². The average molecular weight is 250 g/mol. The molecule has 0 aromatic heterocycles. The van der Waals surface area contributed by atoms with Gasteiger partial charge in [0.2, 0.25) is 0 Å². The molecular formula is C11H22O4S. The Morgan fingerprint density at radius 1 is 1.44 bits per heavy atom. The monoisotopic (exact) mass is 250 g/mol. The lowest BCUT2D eigenvalue weighted by Crippen LogP contribution is -2.31. The smallest absolute Gasteiger partial charge is 0.147 e. The van der Waals surface area contributed by atoms with Gasteiger partial charge in [0.05, 0.1) is 12.2 Å². The zero-order valence-corrected chi connectivity index (χ0v) is 10.9. The third kappa shape index (κ3) is 5.27. The van der Waals surface area contributed by atoms with Crippen LogP contribution in [0.5, 0.6) is 0 Å². The summed E-state index contributed by atoms with van der Waals surface area (Å²) in [5.74, 6) is 0.626. The Balaban J connectivity index is 2.28. The van der Waals surface area contributed by atoms with E-state index in [0.717, 1.165) is 12.8 Å². The molecule has 2 unspecified atom stereocenters. The van der Waals surface area contributed by atoms with Crippen LogP contribution in [-0.2, 0) is 14.6 Å². The number of aliphatic hydroxyl groups is 1. The van der Waals surface area contributed by atoms with E-state index in [9.17, 15) is 13.5 Å². The molecule has 16 heavy (non-hydrogen) atoms. The van der Waals surface area contributed by atoms with E-state index >= 15 is 0 Å². The maximum Gasteiger partial charge on any atom is 0.147 e. The molecule has 0 bridgehead atoms. The van der Waals surface area contributed by atoms with Crippen molar-refractivity contribution in [2.24, 2.45) is 5.92 Å². The van der Waals surface area contributed by atoms with Crippen molar-refractivity contribution in [2.75, 3.05) is 18.6 Å². The zero-order valence-electron chi connectivity index (χ0n) is 10.1. The van der Waals surface area contributed by atoms with E-state index in [-0.39, 0.29) is 11.9 Å². The lowest BCUT2D eigenvalue weighted by molar-refractivity contribution is -0.0476. The predicted molar refractivity (Wildman–Crippen MR) is 63.1 cm³/mol. The molecule has 1 aliphatic carbocycles. The first-order valence-electron chi connectivity index (χ1n) is 5.91. The van der Waals surface area contributed by atoms with Gasteiger partial charge in [0.15, 0.2) is 0 Å². The number of hydrogen-bond donors (Lipinski definition) is 1. The highest BCUT2D eigenvalue weighted by Crippen LogP contribution is 2.36. The first-order chi connectivity index (χ1) is 7.44. The van der Waals surface area contributed by atoms with Crippen molar-refractivity contribution in [3.8, 4) is 0 Å². The highest BCUT2D eigenvalue weighted by atomic mass is 32.2. The molecule has 5 heteroatoms. The summed E-state index contributed by atoms with van der Waals surface area (Å²) in [7, 11) is -2.91. The summed E-state index contributed by atoms with van der Waals surface area (Å²) in [5.41, 5.74) is 0. The number of sulfone groups is 1. The van der Waals surface area contributed by atoms with Crippen LogP contribution in [0.15, 0.2) is 0 Å². The predicted octanol–water partition coefficient (Wildman–Crippen LogP) is 0.987. The van der Waals surface area contributed by atoms with Crippen LogP contribution < -0.4 is 0 Å². The van der Waals surface area contributed by atoms with Gasteiger partial charge >= 0.3 is 0 Å². The van der Waals surface area contributed by atoms with Gasteiger partial charge < -0.3 is 9.84 Å². The fourth-order valence-electron chi connectivity index (χ4n) is 1.90. The first-order valence-corrected chi connectivity index (χ1v) is 7.97. The summed E-state index contributed by atoms with van der Waals surface area (Å²) in [6.07, 6.45) is 3.87. The Hall–Kier alpha value is -0.130. The third-order valence-corrected chi connectivity index (χ3v) is 3.87. The quantitative estimate of drug-likeness (QED) is 0.697. The van der Waals surface area contributed by atoms with Gasteiger partial charge in [-0.15, -0.1) is 0 Å². The molecular weight excluding hydrogens is 228 g/mol. The maximum atomic E-state index is 10.9. The molecule has 0 radical (unpaired) electrons. The first kappa shape index (κ1) is 13.9. The minimum Gasteiger partial charge on any atom is -0.390 e. The molecule has 0 aromatic rings. The molecule has 0 spiro atoms. The van der Waals surface area contributed by atoms with Crippen LogP contribution in [0.4, 0.5) is 0 Å². The van der Waals surface area contributed by atoms with Gasteiger partial charge in [0.25, 0.3) is 0 Å². The van der Waals surface area contributed by atoms with Crippen molar-refractivity contribution in [1.82, 2.24) is 0 Å². The van der Waals surface area contributed by atoms with Crippen LogP contribution in [0.25, 0.3) is 0 Å². The molecule has 1 saturated carbocycles. The summed E-state index contributed by atoms with van der Waals surface area (Å²) >= 11 is 0. The molecule has 1 aliphatic rings. The van der Waals surface area contributed by atoms with Crippen LogP contribution in [-0.4, -0.2) is 44.3 Å². The molecule has 0 aromatic carbocycles. The summed E-state index contributed by atoms with van der Waals surface area (Å²) in [5, 5.41) is 9.93. The van der Waals surface area contributed by atoms with Gasteiger partial charge in [-0.05, 0) is 38.5 Å². The molecule has 4 nitrogen and oxygen atoms in total. The second kappa shape index (κ2) is 5.98. The zero-order chi connectivity index (χ0) is 12.2. The SMILES string of the molecule is CCOC(C(O)CCCS(C)(=O)=O)C1CC1. The van der Waals surface area contributed by atoms with Gasteiger partial charge in [0.1, 0.15) is 9.84 Å². The second-order valence-electron chi connectivity index (χ2n) is 4.60. The van der Waals surface area contributed by atoms with E-state index in [0.29, 0.717) is 25.4 Å². The fraction of sp³-hybridized carbons (Fsp3) is 1.00. The van der Waals surface area contributed by atoms with Crippen molar-refractivity contribution in [3.63, 3.8) is 0 Å². The summed E-state index contributed by atoms with van der Waals surface area (Å²) in [6.45, 7) is 2.52. The maximum absolute atomic E-state index is 10.9. The Bertz CT molecular complexity index is 295. The number of ether oxygens (including phenoxy) is 1. The van der Waals surface area contributed by atoms with Crippen LogP contribution in [0.3, 0.4) is 0 Å². The molecule has 1 fully saturated rings. The van der Waals surface area contributed by atoms with Gasteiger partial charge in [-0.2, -0.15) is 0 Å². The highest BCUT2D eigenvalue weighted by molar-refractivity contribution is 7.90. The van der Waals surface area contributed by atoms with E-state index in [1.807, 2.05) is 6.92 Å². The molecule has 0 saturated heterocycles. The van der Waals surface area contributed by atoms with Crippen LogP contribution in [0.1, 0.15) is 32.6 Å². The molecule has 0 aliphatic heterocycles. The van der Waals surface area contributed by atoms with Crippen molar-refractivity contribution in [1.29, 1.82) is 0 Å². The Morgan fingerprint density at radius 3 is 2.50 bits per heavy atom. The van der Waals surface area contributed by atoms with Gasteiger partial charge in [0, 0.05) is 18.6 Å². The molecule has 1 N–H and O–H groups in total. The Kier molecular flexibility index (Phi) is 5.21. The van der Waals surface area contributed by atoms with Crippen molar-refractivity contribution < 1.29 is 18.3 Å². The van der Waals surface area contributed by atoms with Crippen molar-refractivity contribution in [2.45, 2.75) is 44.8 Å². The summed E-state index contributed by atoms with van der Waals surface area (Å²) in [4.78, 5) is 0. The third-order valence-electron chi connectivity index (χ3n) is 2.84. The average Bonchev–Trinajstić information content (AvgIpc) is 2.95. The van der Waals surface area contributed by atoms with E-state index in [1.54, 1.807) is 0 Å². The number of hydrogen-bond acceptors (Lipinski definition) is 4. The highest BCUT2D eigenvalue weighted by Gasteiger charge is 2.36. The van der Waals surface area contributed by atoms with E-state index in [2.05, 4.69) is 0 Å². The Labute approximate surface area is 97.9 Å². The standard InChI is InChI=1S/C11H22O4S/c1-3-15-11(9-6-7-9)10(12)5-4-8-16(2,13)14/h9-12H,3-8H2,1-2H3. The molecule has 0 amide bonds. The number of aliphatic hydroxyl groups excluding tert-OH is 1. The lowest BCUT2D eigenvalue weighted by Gasteiger charge is -2.22. The van der Waals surface area contributed by atoms with Crippen LogP contribution in [0, 0.1) is 5.92 Å². The summed E-state index contributed by atoms with van der Waals surface area (Å²) < 4.78 is 27.4. The van der Waals surface area contributed by atoms with Crippen molar-refractivity contribution >= 4 is 9.84 Å². The van der Waals surface area contributed by atoms with E-state index in [4.69, 9.17) is 4.74 Å². The topological polar surface area (TPSA) is 63.6 Å². The van der Waals surface area contributed by atoms with Gasteiger partial charge in [-0.3, -0.25) is 0 Å². The molecule has 96 valence electrons. The largest absolute Gasteiger partial charge is 0.390 e. The molecule has 1 rings (SSSR count). The second-order valence-corrected chi connectivity index (χ2v) is 6.86. The summed E-state index contributed by atoms with van der Waals surface area (Å²) in [6, 6.07) is 0. The van der Waals surface area contributed by atoms with Crippen LogP contribution >= 0.6 is 0 Å². The Morgan fingerprint density at radius 2 is 2.06 bits per heavy atom. The van der Waals surface area contributed by atoms with Crippen LogP contribution in [0.2, 0.25) is 0 Å². The fourth-order valence-corrected chi connectivity index (χ4v) is 2.59. The number of rotatable bonds is 8. The van der Waals surface area contributed by atoms with Gasteiger partial charge in [-0.1, -0.05) is 0 Å². The molecule has 2 atom stereocenters. The normalized spacial score (nSPS) is 20.7. The minimum absolute atomic E-state index is 0.0930.